The maximum absolute atomic E-state index is 12.6. The molecule has 1 aliphatic heterocycles. The van der Waals surface area contributed by atoms with Crippen molar-refractivity contribution < 1.29 is 9.53 Å². The maximum Gasteiger partial charge on any atom is 0.411 e. The van der Waals surface area contributed by atoms with E-state index >= 15 is 0 Å². The number of nitrogens with zero attached hydrogens (tertiary/aromatic N) is 2. The van der Waals surface area contributed by atoms with Crippen molar-refractivity contribution in [2.24, 2.45) is 5.92 Å². The maximum atomic E-state index is 12.6. The molecule has 0 spiro atoms. The summed E-state index contributed by atoms with van der Waals surface area (Å²) in [5, 5.41) is 0. The number of piperidine rings is 1. The van der Waals surface area contributed by atoms with Crippen molar-refractivity contribution in [3.8, 4) is 12.3 Å². The quantitative estimate of drug-likeness (QED) is 0.816. The molecule has 4 rings (SSSR count). The van der Waals surface area contributed by atoms with Gasteiger partial charge < -0.3 is 9.72 Å². The molecule has 2 heterocycles. The Labute approximate surface area is 141 Å². The average molecular weight is 323 g/mol. The van der Waals surface area contributed by atoms with Crippen LogP contribution in [-0.2, 0) is 4.74 Å². The molecule has 5 heteroatoms. The Morgan fingerprint density at radius 1 is 1.42 bits per heavy atom. The molecule has 24 heavy (non-hydrogen) atoms. The predicted octanol–water partition coefficient (Wildman–Crippen LogP) is 3.61. The van der Waals surface area contributed by atoms with Crippen molar-refractivity contribution in [2.45, 2.75) is 51.3 Å². The van der Waals surface area contributed by atoms with Crippen LogP contribution < -0.4 is 0 Å². The summed E-state index contributed by atoms with van der Waals surface area (Å²) < 4.78 is 5.60. The van der Waals surface area contributed by atoms with Crippen LogP contribution in [0, 0.1) is 18.3 Å². The first-order valence-corrected chi connectivity index (χ1v) is 8.33. The Balaban J connectivity index is 1.65. The minimum atomic E-state index is -0.496. The molecule has 2 aliphatic rings. The Kier molecular flexibility index (Phi) is 3.14. The highest BCUT2D eigenvalue weighted by Gasteiger charge is 2.56. The lowest BCUT2D eigenvalue weighted by Gasteiger charge is -2.29. The number of likely N-dealkylation sites (tertiary alicyclic amines) is 1. The molecule has 1 N–H and O–H groups in total. The van der Waals surface area contributed by atoms with Gasteiger partial charge in [0.25, 0.3) is 0 Å². The van der Waals surface area contributed by atoms with E-state index in [9.17, 15) is 4.79 Å². The van der Waals surface area contributed by atoms with Gasteiger partial charge in [0.05, 0.1) is 17.1 Å². The van der Waals surface area contributed by atoms with Crippen molar-refractivity contribution in [3.63, 3.8) is 0 Å². The zero-order chi connectivity index (χ0) is 17.1. The number of benzene rings is 1. The number of aromatic nitrogens is 2. The van der Waals surface area contributed by atoms with Gasteiger partial charge >= 0.3 is 6.09 Å². The first kappa shape index (κ1) is 15.1. The van der Waals surface area contributed by atoms with E-state index in [4.69, 9.17) is 11.2 Å². The van der Waals surface area contributed by atoms with E-state index in [1.54, 1.807) is 0 Å². The third-order valence-corrected chi connectivity index (χ3v) is 4.69. The lowest BCUT2D eigenvalue weighted by atomic mass is 10.1. The molecule has 1 saturated heterocycles. The summed E-state index contributed by atoms with van der Waals surface area (Å²) in [4.78, 5) is 22.5. The van der Waals surface area contributed by atoms with Gasteiger partial charge in [-0.3, -0.25) is 4.90 Å². The molecule has 1 aromatic heterocycles. The Hall–Kier alpha value is -2.48. The van der Waals surface area contributed by atoms with E-state index in [1.807, 2.05) is 43.9 Å². The van der Waals surface area contributed by atoms with Gasteiger partial charge in [-0.15, -0.1) is 6.42 Å². The van der Waals surface area contributed by atoms with Gasteiger partial charge in [0.1, 0.15) is 11.4 Å². The summed E-state index contributed by atoms with van der Waals surface area (Å²) >= 11 is 0. The van der Waals surface area contributed by atoms with Crippen LogP contribution >= 0.6 is 0 Å². The molecule has 1 aliphatic carbocycles. The van der Waals surface area contributed by atoms with Crippen molar-refractivity contribution in [3.05, 3.63) is 29.6 Å². The van der Waals surface area contributed by atoms with Crippen LogP contribution in [0.15, 0.2) is 18.2 Å². The fourth-order valence-electron chi connectivity index (χ4n) is 3.55. The number of terminal acetylenes is 1. The number of carbonyl (C=O) groups is 1. The van der Waals surface area contributed by atoms with Crippen LogP contribution in [-0.4, -0.2) is 32.6 Å². The minimum absolute atomic E-state index is 0.0507. The number of hydrogen-bond donors (Lipinski definition) is 1. The van der Waals surface area contributed by atoms with Crippen LogP contribution in [0.3, 0.4) is 0 Å². The monoisotopic (exact) mass is 323 g/mol. The molecule has 3 atom stereocenters. The molecule has 1 amide bonds. The smallest absolute Gasteiger partial charge is 0.411 e. The molecular weight excluding hydrogens is 302 g/mol. The predicted molar refractivity (Wildman–Crippen MR) is 91.4 cm³/mol. The second-order valence-corrected chi connectivity index (χ2v) is 7.70. The summed E-state index contributed by atoms with van der Waals surface area (Å²) in [5.74, 6) is 4.01. The molecule has 2 fully saturated rings. The van der Waals surface area contributed by atoms with Gasteiger partial charge in [0, 0.05) is 11.6 Å². The lowest BCUT2D eigenvalue weighted by molar-refractivity contribution is 0.0175. The first-order chi connectivity index (χ1) is 11.4. The lowest BCUT2D eigenvalue weighted by Crippen LogP contribution is -2.38. The summed E-state index contributed by atoms with van der Waals surface area (Å²) in [5.41, 5.74) is 2.09. The van der Waals surface area contributed by atoms with Gasteiger partial charge in [0.15, 0.2) is 0 Å². The normalized spacial score (nSPS) is 25.4. The highest BCUT2D eigenvalue weighted by molar-refractivity contribution is 5.77. The van der Waals surface area contributed by atoms with E-state index in [2.05, 4.69) is 15.9 Å². The molecule has 124 valence electrons. The van der Waals surface area contributed by atoms with Crippen LogP contribution in [0.1, 0.15) is 51.0 Å². The average Bonchev–Trinajstić information content (AvgIpc) is 2.98. The van der Waals surface area contributed by atoms with Gasteiger partial charge in [0.2, 0.25) is 0 Å². The van der Waals surface area contributed by atoms with Gasteiger partial charge in [-0.25, -0.2) is 9.78 Å². The molecule has 5 nitrogen and oxygen atoms in total. The molecule has 2 aromatic rings. The number of carbonyl (C=O) groups excluding carboxylic acids is 1. The molecule has 0 unspecified atom stereocenters. The second-order valence-electron chi connectivity index (χ2n) is 7.70. The number of aromatic amines is 1. The van der Waals surface area contributed by atoms with E-state index in [0.29, 0.717) is 12.0 Å². The van der Waals surface area contributed by atoms with E-state index in [0.717, 1.165) is 35.3 Å². The van der Waals surface area contributed by atoms with E-state index < -0.39 is 5.60 Å². The molecule has 1 saturated carbocycles. The third-order valence-electron chi connectivity index (χ3n) is 4.69. The van der Waals surface area contributed by atoms with Crippen LogP contribution in [0.2, 0.25) is 0 Å². The van der Waals surface area contributed by atoms with Crippen LogP contribution in [0.4, 0.5) is 4.79 Å². The SMILES string of the molecule is C#Cc1ccc2[nH]c([C@@H]3C[C@H]4C[C@H]4N3C(=O)OC(C)(C)C)nc2c1. The third kappa shape index (κ3) is 2.52. The largest absolute Gasteiger partial charge is 0.444 e. The Morgan fingerprint density at radius 2 is 2.21 bits per heavy atom. The molecule has 0 bridgehead atoms. The summed E-state index contributed by atoms with van der Waals surface area (Å²) in [6.45, 7) is 5.68. The van der Waals surface area contributed by atoms with Crippen molar-refractivity contribution >= 4 is 17.1 Å². The number of fused-ring (bicyclic) bond motifs is 2. The highest BCUT2D eigenvalue weighted by atomic mass is 16.6. The fraction of sp³-hybridized carbons (Fsp3) is 0.474. The number of H-pyrrole nitrogens is 1. The minimum Gasteiger partial charge on any atom is -0.444 e. The number of amides is 1. The first-order valence-electron chi connectivity index (χ1n) is 8.33. The molecule has 0 radical (unpaired) electrons. The number of imidazole rings is 1. The zero-order valence-electron chi connectivity index (χ0n) is 14.2. The van der Waals surface area contributed by atoms with Gasteiger partial charge in [-0.05, 0) is 57.7 Å². The van der Waals surface area contributed by atoms with Gasteiger partial charge in [-0.2, -0.15) is 0 Å². The fourth-order valence-corrected chi connectivity index (χ4v) is 3.55. The second kappa shape index (κ2) is 5.01. The molecular formula is C19H21N3O2. The van der Waals surface area contributed by atoms with E-state index in [1.165, 1.54) is 0 Å². The van der Waals surface area contributed by atoms with Crippen LogP contribution in [0.25, 0.3) is 11.0 Å². The highest BCUT2D eigenvalue weighted by Crippen LogP contribution is 2.53. The Morgan fingerprint density at radius 3 is 2.92 bits per heavy atom. The number of nitrogens with one attached hydrogen (secondary N) is 1. The van der Waals surface area contributed by atoms with E-state index in [-0.39, 0.29) is 12.1 Å². The standard InChI is InChI=1S/C19H21N3O2/c1-5-11-6-7-13-14(8-11)21-17(20-13)16-10-12-9-15(12)22(16)18(23)24-19(2,3)4/h1,6-8,12,15-16H,9-10H2,2-4H3,(H,20,21)/t12-,15-,16+/m1/s1. The molecule has 1 aromatic carbocycles. The number of ether oxygens (including phenoxy) is 1. The van der Waals surface area contributed by atoms with Crippen LogP contribution in [0.5, 0.6) is 0 Å². The topological polar surface area (TPSA) is 58.2 Å². The van der Waals surface area contributed by atoms with Gasteiger partial charge in [-0.1, -0.05) is 5.92 Å². The zero-order valence-corrected chi connectivity index (χ0v) is 14.2. The van der Waals surface area contributed by atoms with Crippen molar-refractivity contribution in [1.82, 2.24) is 14.9 Å². The Bertz CT molecular complexity index is 856. The summed E-state index contributed by atoms with van der Waals surface area (Å²) in [6, 6.07) is 5.96. The van der Waals surface area contributed by atoms with Crippen molar-refractivity contribution in [2.75, 3.05) is 0 Å². The van der Waals surface area contributed by atoms with Crippen molar-refractivity contribution in [1.29, 1.82) is 0 Å². The summed E-state index contributed by atoms with van der Waals surface area (Å²) in [6.07, 6.45) is 7.21. The summed E-state index contributed by atoms with van der Waals surface area (Å²) in [7, 11) is 0. The number of hydrogen-bond acceptors (Lipinski definition) is 3. The number of rotatable bonds is 1.